The van der Waals surface area contributed by atoms with E-state index in [0.717, 1.165) is 73.0 Å². The molecule has 1 unspecified atom stereocenters. The van der Waals surface area contributed by atoms with Crippen molar-refractivity contribution in [2.75, 3.05) is 24.6 Å². The maximum Gasteiger partial charge on any atom is 0.137 e. The van der Waals surface area contributed by atoms with E-state index in [0.29, 0.717) is 5.56 Å². The fourth-order valence-corrected chi connectivity index (χ4v) is 4.46. The average molecular weight is 431 g/mol. The smallest absolute Gasteiger partial charge is 0.137 e. The predicted molar refractivity (Wildman–Crippen MR) is 131 cm³/mol. The first-order chi connectivity index (χ1) is 15.6. The van der Waals surface area contributed by atoms with Crippen molar-refractivity contribution in [1.82, 2.24) is 9.55 Å². The number of nitriles is 1. The lowest BCUT2D eigenvalue weighted by Crippen LogP contribution is -2.33. The second-order valence-electron chi connectivity index (χ2n) is 8.99. The first-order valence-electron chi connectivity index (χ1n) is 12.0. The molecule has 4 rings (SSSR count). The van der Waals surface area contributed by atoms with Gasteiger partial charge in [-0.1, -0.05) is 32.9 Å². The second kappa shape index (κ2) is 10.2. The molecular weight excluding hydrogens is 396 g/mol. The zero-order valence-corrected chi connectivity index (χ0v) is 19.6. The highest BCUT2D eigenvalue weighted by molar-refractivity contribution is 5.88. The van der Waals surface area contributed by atoms with Gasteiger partial charge in [0.05, 0.1) is 28.8 Å². The van der Waals surface area contributed by atoms with Crippen LogP contribution in [0.2, 0.25) is 0 Å². The van der Waals surface area contributed by atoms with Gasteiger partial charge in [-0.25, -0.2) is 4.98 Å². The van der Waals surface area contributed by atoms with Crippen molar-refractivity contribution in [1.29, 1.82) is 5.26 Å². The van der Waals surface area contributed by atoms with Gasteiger partial charge in [0.2, 0.25) is 0 Å². The number of benzene rings is 1. The van der Waals surface area contributed by atoms with Crippen molar-refractivity contribution < 1.29 is 4.74 Å². The summed E-state index contributed by atoms with van der Waals surface area (Å²) in [7, 11) is 0. The first-order valence-corrected chi connectivity index (χ1v) is 12.0. The molecule has 0 amide bonds. The number of aromatic nitrogens is 2. The molecule has 1 saturated heterocycles. The lowest BCUT2D eigenvalue weighted by molar-refractivity contribution is 0.0403. The van der Waals surface area contributed by atoms with E-state index in [9.17, 15) is 5.26 Å². The molecule has 2 aromatic heterocycles. The molecular formula is C27H34N4O. The highest BCUT2D eigenvalue weighted by Gasteiger charge is 2.22. The number of anilines is 1. The summed E-state index contributed by atoms with van der Waals surface area (Å²) in [4.78, 5) is 7.59. The van der Waals surface area contributed by atoms with Crippen LogP contribution in [-0.4, -0.2) is 35.4 Å². The zero-order valence-electron chi connectivity index (χ0n) is 19.6. The minimum atomic E-state index is 0.201. The van der Waals surface area contributed by atoms with Crippen molar-refractivity contribution >= 4 is 16.9 Å². The number of piperidine rings is 1. The Bertz CT molecular complexity index is 1070. The number of hydrogen-bond donors (Lipinski definition) is 0. The zero-order chi connectivity index (χ0) is 22.5. The molecule has 5 heteroatoms. The quantitative estimate of drug-likeness (QED) is 0.439. The summed E-state index contributed by atoms with van der Waals surface area (Å²) in [6.45, 7) is 10.4. The summed E-state index contributed by atoms with van der Waals surface area (Å²) in [6.07, 6.45) is 6.75. The fourth-order valence-electron chi connectivity index (χ4n) is 4.46. The van der Waals surface area contributed by atoms with E-state index in [1.165, 1.54) is 12.8 Å². The summed E-state index contributed by atoms with van der Waals surface area (Å²) in [5, 5.41) is 9.22. The van der Waals surface area contributed by atoms with Crippen LogP contribution in [0.25, 0.3) is 22.2 Å². The van der Waals surface area contributed by atoms with E-state index in [1.54, 1.807) is 0 Å². The molecule has 1 atom stereocenters. The van der Waals surface area contributed by atoms with Crippen LogP contribution in [-0.2, 0) is 11.3 Å². The van der Waals surface area contributed by atoms with Gasteiger partial charge in [0.25, 0.3) is 0 Å². The lowest BCUT2D eigenvalue weighted by Gasteiger charge is -2.32. The number of nitrogens with zero attached hydrogens (tertiary/aromatic N) is 4. The maximum atomic E-state index is 9.22. The number of ether oxygens (including phenoxy) is 1. The van der Waals surface area contributed by atoms with Gasteiger partial charge in [0.1, 0.15) is 5.82 Å². The monoisotopic (exact) mass is 430 g/mol. The molecule has 1 aromatic carbocycles. The molecule has 0 aliphatic carbocycles. The molecule has 168 valence electrons. The Morgan fingerprint density at radius 3 is 2.56 bits per heavy atom. The van der Waals surface area contributed by atoms with Crippen molar-refractivity contribution in [2.24, 2.45) is 5.92 Å². The van der Waals surface area contributed by atoms with Crippen LogP contribution in [0, 0.1) is 17.2 Å². The van der Waals surface area contributed by atoms with E-state index in [4.69, 9.17) is 9.72 Å². The molecule has 0 spiro atoms. The van der Waals surface area contributed by atoms with Gasteiger partial charge in [-0.3, -0.25) is 0 Å². The first kappa shape index (κ1) is 22.4. The van der Waals surface area contributed by atoms with Crippen LogP contribution < -0.4 is 4.90 Å². The summed E-state index contributed by atoms with van der Waals surface area (Å²) < 4.78 is 8.33. The fraction of sp³-hybridized carbons (Fsp3) is 0.481. The van der Waals surface area contributed by atoms with E-state index < -0.39 is 0 Å². The molecule has 1 aliphatic rings. The Balaban J connectivity index is 1.75. The molecule has 1 fully saturated rings. The summed E-state index contributed by atoms with van der Waals surface area (Å²) in [6, 6.07) is 14.5. The average Bonchev–Trinajstić information content (AvgIpc) is 3.23. The Kier molecular flexibility index (Phi) is 7.12. The van der Waals surface area contributed by atoms with Gasteiger partial charge in [0, 0.05) is 38.0 Å². The third kappa shape index (κ3) is 4.81. The minimum Gasteiger partial charge on any atom is -0.376 e. The highest BCUT2D eigenvalue weighted by Crippen LogP contribution is 2.35. The van der Waals surface area contributed by atoms with E-state index in [-0.39, 0.29) is 6.10 Å². The molecule has 0 bridgehead atoms. The second-order valence-corrected chi connectivity index (χ2v) is 8.99. The number of pyridine rings is 1. The Morgan fingerprint density at radius 2 is 1.91 bits per heavy atom. The predicted octanol–water partition coefficient (Wildman–Crippen LogP) is 6.02. The number of hydrogen-bond acceptors (Lipinski definition) is 4. The topological polar surface area (TPSA) is 54.1 Å². The minimum absolute atomic E-state index is 0.201. The van der Waals surface area contributed by atoms with Crippen LogP contribution in [0.3, 0.4) is 0 Å². The van der Waals surface area contributed by atoms with Crippen LogP contribution in [0.5, 0.6) is 0 Å². The SMILES string of the molecule is CCCOC(CC)Cn1ccc2nc(N3CCC(C)CC3)c(-c3ccc(C#N)cc3)cc21. The molecule has 0 radical (unpaired) electrons. The largest absolute Gasteiger partial charge is 0.376 e. The summed E-state index contributed by atoms with van der Waals surface area (Å²) in [5.74, 6) is 1.82. The van der Waals surface area contributed by atoms with Crippen molar-refractivity contribution in [3.63, 3.8) is 0 Å². The molecule has 0 N–H and O–H groups in total. The van der Waals surface area contributed by atoms with Crippen molar-refractivity contribution in [3.05, 3.63) is 48.2 Å². The van der Waals surface area contributed by atoms with Gasteiger partial charge in [-0.2, -0.15) is 5.26 Å². The Labute approximate surface area is 191 Å². The number of rotatable bonds is 8. The van der Waals surface area contributed by atoms with Crippen molar-refractivity contribution in [2.45, 2.75) is 59.1 Å². The van der Waals surface area contributed by atoms with Gasteiger partial charge < -0.3 is 14.2 Å². The van der Waals surface area contributed by atoms with E-state index in [2.05, 4.69) is 54.6 Å². The molecule has 3 heterocycles. The van der Waals surface area contributed by atoms with Crippen LogP contribution in [0.4, 0.5) is 5.82 Å². The van der Waals surface area contributed by atoms with Gasteiger partial charge in [0.15, 0.2) is 0 Å². The van der Waals surface area contributed by atoms with Gasteiger partial charge in [-0.05, 0) is 61.4 Å². The molecule has 0 saturated carbocycles. The van der Waals surface area contributed by atoms with Crippen LogP contribution >= 0.6 is 0 Å². The van der Waals surface area contributed by atoms with Crippen molar-refractivity contribution in [3.8, 4) is 17.2 Å². The van der Waals surface area contributed by atoms with Gasteiger partial charge >= 0.3 is 0 Å². The van der Waals surface area contributed by atoms with E-state index >= 15 is 0 Å². The lowest BCUT2D eigenvalue weighted by atomic mass is 9.97. The van der Waals surface area contributed by atoms with Crippen LogP contribution in [0.15, 0.2) is 42.6 Å². The normalized spacial score (nSPS) is 15.8. The van der Waals surface area contributed by atoms with Crippen LogP contribution in [0.1, 0.15) is 52.0 Å². The molecule has 3 aromatic rings. The molecule has 32 heavy (non-hydrogen) atoms. The molecule has 1 aliphatic heterocycles. The highest BCUT2D eigenvalue weighted by atomic mass is 16.5. The molecule has 5 nitrogen and oxygen atoms in total. The summed E-state index contributed by atoms with van der Waals surface area (Å²) >= 11 is 0. The number of fused-ring (bicyclic) bond motifs is 1. The Morgan fingerprint density at radius 1 is 1.16 bits per heavy atom. The van der Waals surface area contributed by atoms with E-state index in [1.807, 2.05) is 24.3 Å². The Hall–Kier alpha value is -2.84. The third-order valence-corrected chi connectivity index (χ3v) is 6.55. The summed E-state index contributed by atoms with van der Waals surface area (Å²) in [5.41, 5.74) is 5.09. The third-order valence-electron chi connectivity index (χ3n) is 6.55. The standard InChI is InChI=1S/C27H34N4O/c1-4-16-32-23(5-2)19-31-15-12-25-26(31)17-24(22-8-6-21(18-28)7-9-22)27(29-25)30-13-10-20(3)11-14-30/h6-9,12,15,17,20,23H,4-5,10-11,13-14,16,19H2,1-3H3. The maximum absolute atomic E-state index is 9.22. The van der Waals surface area contributed by atoms with Gasteiger partial charge in [-0.15, -0.1) is 0 Å².